The highest BCUT2D eigenvalue weighted by molar-refractivity contribution is 5.75. The van der Waals surface area contributed by atoms with Crippen LogP contribution < -0.4 is 5.32 Å². The van der Waals surface area contributed by atoms with E-state index in [1.807, 2.05) is 0 Å². The third-order valence-electron chi connectivity index (χ3n) is 1.98. The summed E-state index contributed by atoms with van der Waals surface area (Å²) < 4.78 is 18.1. The van der Waals surface area contributed by atoms with Crippen molar-refractivity contribution in [2.45, 2.75) is 26.9 Å². The molecule has 1 aromatic rings. The first-order valence-corrected chi connectivity index (χ1v) is 5.18. The van der Waals surface area contributed by atoms with E-state index in [-0.39, 0.29) is 24.4 Å². The Morgan fingerprint density at radius 2 is 2.19 bits per heavy atom. The molecule has 0 bridgehead atoms. The van der Waals surface area contributed by atoms with Gasteiger partial charge in [0, 0.05) is 5.69 Å². The van der Waals surface area contributed by atoms with Gasteiger partial charge in [-0.15, -0.1) is 0 Å². The number of hydrogen-bond acceptors (Lipinski definition) is 3. The van der Waals surface area contributed by atoms with Gasteiger partial charge in [0.25, 0.3) is 0 Å². The first kappa shape index (κ1) is 12.5. The summed E-state index contributed by atoms with van der Waals surface area (Å²) in [5, 5.41) is 2.80. The Balaban J connectivity index is 2.48. The van der Waals surface area contributed by atoms with Gasteiger partial charge in [-0.1, -0.05) is 6.07 Å². The Bertz CT molecular complexity index is 377. The van der Waals surface area contributed by atoms with Crippen molar-refractivity contribution in [3.8, 4) is 0 Å². The van der Waals surface area contributed by atoms with Crippen LogP contribution in [-0.2, 0) is 9.53 Å². The lowest BCUT2D eigenvalue weighted by Crippen LogP contribution is -2.20. The molecule has 3 nitrogen and oxygen atoms in total. The second-order valence-corrected chi connectivity index (χ2v) is 3.86. The highest BCUT2D eigenvalue weighted by Gasteiger charge is 2.05. The van der Waals surface area contributed by atoms with Gasteiger partial charge in [-0.3, -0.25) is 4.79 Å². The minimum Gasteiger partial charge on any atom is -0.462 e. The van der Waals surface area contributed by atoms with Crippen molar-refractivity contribution in [2.75, 3.05) is 11.9 Å². The van der Waals surface area contributed by atoms with Crippen LogP contribution in [0, 0.1) is 12.7 Å². The Morgan fingerprint density at radius 1 is 1.50 bits per heavy atom. The summed E-state index contributed by atoms with van der Waals surface area (Å²) in [6.07, 6.45) is -0.135. The minimum atomic E-state index is -0.351. The van der Waals surface area contributed by atoms with Crippen LogP contribution in [0.4, 0.5) is 10.1 Å². The normalized spacial score (nSPS) is 10.3. The second-order valence-electron chi connectivity index (χ2n) is 3.86. The average Bonchev–Trinajstić information content (AvgIpc) is 2.19. The smallest absolute Gasteiger partial charge is 0.325 e. The number of ether oxygens (including phenoxy) is 1. The van der Waals surface area contributed by atoms with Crippen molar-refractivity contribution in [1.29, 1.82) is 0 Å². The summed E-state index contributed by atoms with van der Waals surface area (Å²) in [5.74, 6) is -0.641. The zero-order valence-electron chi connectivity index (χ0n) is 9.71. The Labute approximate surface area is 94.6 Å². The van der Waals surface area contributed by atoms with E-state index < -0.39 is 0 Å². The van der Waals surface area contributed by atoms with Gasteiger partial charge >= 0.3 is 5.97 Å². The van der Waals surface area contributed by atoms with Crippen molar-refractivity contribution >= 4 is 11.7 Å². The van der Waals surface area contributed by atoms with Crippen LogP contribution in [0.5, 0.6) is 0 Å². The first-order valence-electron chi connectivity index (χ1n) is 5.18. The SMILES string of the molecule is Cc1ccc(NCC(=O)OC(C)C)cc1F. The van der Waals surface area contributed by atoms with Crippen molar-refractivity contribution in [1.82, 2.24) is 0 Å². The number of hydrogen-bond donors (Lipinski definition) is 1. The summed E-state index contributed by atoms with van der Waals surface area (Å²) in [6.45, 7) is 5.29. The summed E-state index contributed by atoms with van der Waals surface area (Å²) in [5.41, 5.74) is 1.15. The van der Waals surface area contributed by atoms with E-state index in [2.05, 4.69) is 5.32 Å². The number of esters is 1. The molecule has 0 unspecified atom stereocenters. The van der Waals surface area contributed by atoms with Gasteiger partial charge in [0.05, 0.1) is 6.10 Å². The molecule has 1 rings (SSSR count). The lowest BCUT2D eigenvalue weighted by atomic mass is 10.2. The minimum absolute atomic E-state index is 0.0423. The lowest BCUT2D eigenvalue weighted by Gasteiger charge is -2.09. The number of halogens is 1. The maximum atomic E-state index is 13.2. The molecule has 0 saturated heterocycles. The van der Waals surface area contributed by atoms with E-state index in [9.17, 15) is 9.18 Å². The number of anilines is 1. The van der Waals surface area contributed by atoms with Crippen molar-refractivity contribution < 1.29 is 13.9 Å². The van der Waals surface area contributed by atoms with Crippen LogP contribution in [-0.4, -0.2) is 18.6 Å². The van der Waals surface area contributed by atoms with Gasteiger partial charge < -0.3 is 10.1 Å². The highest BCUT2D eigenvalue weighted by atomic mass is 19.1. The van der Waals surface area contributed by atoms with Crippen molar-refractivity contribution in [3.05, 3.63) is 29.6 Å². The molecule has 0 heterocycles. The fourth-order valence-electron chi connectivity index (χ4n) is 1.18. The van der Waals surface area contributed by atoms with E-state index in [0.717, 1.165) is 0 Å². The fraction of sp³-hybridized carbons (Fsp3) is 0.417. The molecule has 0 amide bonds. The van der Waals surface area contributed by atoms with E-state index in [0.29, 0.717) is 11.3 Å². The van der Waals surface area contributed by atoms with Gasteiger partial charge in [0.2, 0.25) is 0 Å². The number of rotatable bonds is 4. The molecule has 1 aromatic carbocycles. The van der Waals surface area contributed by atoms with Crippen LogP contribution in [0.2, 0.25) is 0 Å². The predicted molar refractivity (Wildman–Crippen MR) is 60.9 cm³/mol. The molecule has 1 N–H and O–H groups in total. The highest BCUT2D eigenvalue weighted by Crippen LogP contribution is 2.13. The first-order chi connectivity index (χ1) is 7.49. The summed E-state index contributed by atoms with van der Waals surface area (Å²) >= 11 is 0. The number of aryl methyl sites for hydroxylation is 1. The molecule has 0 aliphatic carbocycles. The zero-order valence-corrected chi connectivity index (χ0v) is 9.71. The molecule has 0 radical (unpaired) electrons. The van der Waals surface area contributed by atoms with Crippen LogP contribution in [0.15, 0.2) is 18.2 Å². The topological polar surface area (TPSA) is 38.3 Å². The molecule has 0 atom stereocenters. The molecule has 4 heteroatoms. The molecule has 0 aliphatic rings. The third kappa shape index (κ3) is 3.88. The molecule has 0 aromatic heterocycles. The zero-order chi connectivity index (χ0) is 12.1. The van der Waals surface area contributed by atoms with Crippen LogP contribution in [0.1, 0.15) is 19.4 Å². The molecule has 0 saturated carbocycles. The summed E-state index contributed by atoms with van der Waals surface area (Å²) in [6, 6.07) is 4.74. The molecular formula is C12H16FNO2. The summed E-state index contributed by atoms with van der Waals surface area (Å²) in [7, 11) is 0. The van der Waals surface area contributed by atoms with Crippen LogP contribution in [0.25, 0.3) is 0 Å². The number of benzene rings is 1. The second kappa shape index (κ2) is 5.49. The standard InChI is InChI=1S/C12H16FNO2/c1-8(2)16-12(15)7-14-10-5-4-9(3)11(13)6-10/h4-6,8,14H,7H2,1-3H3. The molecule has 0 spiro atoms. The molecular weight excluding hydrogens is 209 g/mol. The maximum Gasteiger partial charge on any atom is 0.325 e. The Morgan fingerprint density at radius 3 is 2.75 bits per heavy atom. The van der Waals surface area contributed by atoms with Gasteiger partial charge in [0.15, 0.2) is 0 Å². The quantitative estimate of drug-likeness (QED) is 0.800. The van der Waals surface area contributed by atoms with Crippen LogP contribution in [0.3, 0.4) is 0 Å². The number of carbonyl (C=O) groups excluding carboxylic acids is 1. The molecule has 16 heavy (non-hydrogen) atoms. The van der Waals surface area contributed by atoms with Gasteiger partial charge in [-0.25, -0.2) is 4.39 Å². The number of nitrogens with one attached hydrogen (secondary N) is 1. The van der Waals surface area contributed by atoms with Crippen molar-refractivity contribution in [3.63, 3.8) is 0 Å². The number of carbonyl (C=O) groups is 1. The van der Waals surface area contributed by atoms with Gasteiger partial charge in [0.1, 0.15) is 12.4 Å². The Kier molecular flexibility index (Phi) is 4.28. The predicted octanol–water partition coefficient (Wildman–Crippen LogP) is 2.50. The molecule has 0 aliphatic heterocycles. The maximum absolute atomic E-state index is 13.2. The van der Waals surface area contributed by atoms with E-state index in [4.69, 9.17) is 4.74 Å². The Hall–Kier alpha value is -1.58. The third-order valence-corrected chi connectivity index (χ3v) is 1.98. The van der Waals surface area contributed by atoms with E-state index in [1.54, 1.807) is 32.9 Å². The lowest BCUT2D eigenvalue weighted by molar-refractivity contribution is -0.145. The molecule has 0 fully saturated rings. The van der Waals surface area contributed by atoms with Gasteiger partial charge in [-0.2, -0.15) is 0 Å². The molecule has 88 valence electrons. The van der Waals surface area contributed by atoms with Crippen molar-refractivity contribution in [2.24, 2.45) is 0 Å². The van der Waals surface area contributed by atoms with Crippen LogP contribution >= 0.6 is 0 Å². The summed E-state index contributed by atoms with van der Waals surface area (Å²) in [4.78, 5) is 11.2. The monoisotopic (exact) mass is 225 g/mol. The van der Waals surface area contributed by atoms with E-state index >= 15 is 0 Å². The average molecular weight is 225 g/mol. The van der Waals surface area contributed by atoms with Gasteiger partial charge in [-0.05, 0) is 38.5 Å². The fourth-order valence-corrected chi connectivity index (χ4v) is 1.18. The largest absolute Gasteiger partial charge is 0.462 e. The van der Waals surface area contributed by atoms with E-state index in [1.165, 1.54) is 6.07 Å².